The van der Waals surface area contributed by atoms with Gasteiger partial charge in [0.2, 0.25) is 0 Å². The third-order valence-corrected chi connectivity index (χ3v) is 2.92. The Morgan fingerprint density at radius 2 is 2.33 bits per heavy atom. The van der Waals surface area contributed by atoms with Crippen molar-refractivity contribution >= 4 is 11.6 Å². The van der Waals surface area contributed by atoms with Gasteiger partial charge in [-0.2, -0.15) is 0 Å². The molecule has 1 aromatic heterocycles. The van der Waals surface area contributed by atoms with Crippen LogP contribution < -0.4 is 10.2 Å². The van der Waals surface area contributed by atoms with Crippen LogP contribution in [0.5, 0.6) is 0 Å². The summed E-state index contributed by atoms with van der Waals surface area (Å²) in [5.74, 6) is 1.63. The second-order valence-electron chi connectivity index (χ2n) is 5.07. The molecule has 1 aliphatic rings. The first-order valence-corrected chi connectivity index (χ1v) is 6.07. The molecule has 1 saturated heterocycles. The molecule has 2 heterocycles. The highest BCUT2D eigenvalue weighted by atomic mass is 16.5. The molecule has 1 unspecified atom stereocenters. The molecule has 1 fully saturated rings. The van der Waals surface area contributed by atoms with E-state index in [1.807, 2.05) is 27.0 Å². The van der Waals surface area contributed by atoms with Gasteiger partial charge in [0.25, 0.3) is 0 Å². The molecule has 100 valence electrons. The van der Waals surface area contributed by atoms with E-state index < -0.39 is 0 Å². The van der Waals surface area contributed by atoms with Gasteiger partial charge in [-0.25, -0.2) is 9.97 Å². The Morgan fingerprint density at radius 1 is 1.56 bits per heavy atom. The van der Waals surface area contributed by atoms with Crippen molar-refractivity contribution in [3.8, 4) is 0 Å². The second-order valence-corrected chi connectivity index (χ2v) is 5.07. The third kappa shape index (κ3) is 2.88. The highest BCUT2D eigenvalue weighted by Crippen LogP contribution is 2.25. The van der Waals surface area contributed by atoms with Crippen LogP contribution in [0, 0.1) is 0 Å². The zero-order chi connectivity index (χ0) is 13.2. The number of rotatable bonds is 3. The van der Waals surface area contributed by atoms with Gasteiger partial charge in [0.15, 0.2) is 0 Å². The standard InChI is InChI=1S/C12H20N4O2/c1-12(2)7-16(5-9(6-17)18-12)11-4-10(13-3)14-8-15-11/h4,8-9,17H,5-7H2,1-3H3,(H,13,14,15). The second kappa shape index (κ2) is 5.07. The molecule has 1 aromatic rings. The van der Waals surface area contributed by atoms with E-state index in [2.05, 4.69) is 20.2 Å². The predicted molar refractivity (Wildman–Crippen MR) is 69.8 cm³/mol. The van der Waals surface area contributed by atoms with Gasteiger partial charge >= 0.3 is 0 Å². The van der Waals surface area contributed by atoms with E-state index in [0.29, 0.717) is 6.54 Å². The Kier molecular flexibility index (Phi) is 3.68. The summed E-state index contributed by atoms with van der Waals surface area (Å²) < 4.78 is 5.78. The minimum absolute atomic E-state index is 0.0178. The van der Waals surface area contributed by atoms with Crippen LogP contribution in [0.15, 0.2) is 12.4 Å². The molecule has 0 saturated carbocycles. The minimum Gasteiger partial charge on any atom is -0.394 e. The summed E-state index contributed by atoms with van der Waals surface area (Å²) in [5.41, 5.74) is -0.295. The summed E-state index contributed by atoms with van der Waals surface area (Å²) in [6.07, 6.45) is 1.36. The van der Waals surface area contributed by atoms with Gasteiger partial charge in [0.1, 0.15) is 18.0 Å². The van der Waals surface area contributed by atoms with E-state index in [1.54, 1.807) is 0 Å². The smallest absolute Gasteiger partial charge is 0.134 e. The molecule has 0 aromatic carbocycles. The SMILES string of the molecule is CNc1cc(N2CC(CO)OC(C)(C)C2)ncn1. The lowest BCUT2D eigenvalue weighted by Gasteiger charge is -2.42. The van der Waals surface area contributed by atoms with E-state index in [9.17, 15) is 5.11 Å². The van der Waals surface area contributed by atoms with Crippen molar-refractivity contribution in [3.63, 3.8) is 0 Å². The molecular formula is C12H20N4O2. The summed E-state index contributed by atoms with van der Waals surface area (Å²) >= 11 is 0. The summed E-state index contributed by atoms with van der Waals surface area (Å²) in [5, 5.41) is 12.3. The number of nitrogens with one attached hydrogen (secondary N) is 1. The largest absolute Gasteiger partial charge is 0.394 e. The Morgan fingerprint density at radius 3 is 3.00 bits per heavy atom. The number of aliphatic hydroxyl groups excluding tert-OH is 1. The van der Waals surface area contributed by atoms with Gasteiger partial charge in [0.05, 0.1) is 18.3 Å². The van der Waals surface area contributed by atoms with Gasteiger partial charge in [0, 0.05) is 26.2 Å². The molecule has 0 amide bonds. The number of anilines is 2. The van der Waals surface area contributed by atoms with E-state index in [0.717, 1.165) is 18.2 Å². The maximum Gasteiger partial charge on any atom is 0.134 e. The quantitative estimate of drug-likeness (QED) is 0.816. The zero-order valence-electron chi connectivity index (χ0n) is 11.1. The lowest BCUT2D eigenvalue weighted by molar-refractivity contribution is -0.101. The minimum atomic E-state index is -0.295. The fourth-order valence-electron chi connectivity index (χ4n) is 2.22. The van der Waals surface area contributed by atoms with Crippen LogP contribution in [0.3, 0.4) is 0 Å². The fraction of sp³-hybridized carbons (Fsp3) is 0.667. The Labute approximate surface area is 107 Å². The highest BCUT2D eigenvalue weighted by molar-refractivity contribution is 5.48. The monoisotopic (exact) mass is 252 g/mol. The van der Waals surface area contributed by atoms with Gasteiger partial charge < -0.3 is 20.1 Å². The number of aliphatic hydroxyl groups is 1. The molecule has 1 aliphatic heterocycles. The Balaban J connectivity index is 2.20. The van der Waals surface area contributed by atoms with Gasteiger partial charge in [-0.3, -0.25) is 0 Å². The summed E-state index contributed by atoms with van der Waals surface area (Å²) in [6.45, 7) is 5.43. The van der Waals surface area contributed by atoms with E-state index in [4.69, 9.17) is 4.74 Å². The predicted octanol–water partition coefficient (Wildman–Crippen LogP) is 0.494. The number of ether oxygens (including phenoxy) is 1. The van der Waals surface area contributed by atoms with Crippen molar-refractivity contribution in [1.29, 1.82) is 0 Å². The van der Waals surface area contributed by atoms with Crippen molar-refractivity contribution in [1.82, 2.24) is 9.97 Å². The Bertz CT molecular complexity index is 411. The topological polar surface area (TPSA) is 70.5 Å². The number of nitrogens with zero attached hydrogens (tertiary/aromatic N) is 3. The molecule has 6 heteroatoms. The lowest BCUT2D eigenvalue weighted by atomic mass is 10.1. The van der Waals surface area contributed by atoms with Crippen LogP contribution >= 0.6 is 0 Å². The molecule has 0 radical (unpaired) electrons. The van der Waals surface area contributed by atoms with Crippen LogP contribution in [0.1, 0.15) is 13.8 Å². The maximum atomic E-state index is 9.29. The fourth-order valence-corrected chi connectivity index (χ4v) is 2.22. The third-order valence-electron chi connectivity index (χ3n) is 2.92. The van der Waals surface area contributed by atoms with Gasteiger partial charge in [-0.15, -0.1) is 0 Å². The van der Waals surface area contributed by atoms with E-state index >= 15 is 0 Å². The molecule has 2 rings (SSSR count). The van der Waals surface area contributed by atoms with Crippen LogP contribution in [0.25, 0.3) is 0 Å². The van der Waals surface area contributed by atoms with Crippen molar-refractivity contribution < 1.29 is 9.84 Å². The van der Waals surface area contributed by atoms with Crippen LogP contribution in [-0.2, 0) is 4.74 Å². The van der Waals surface area contributed by atoms with Crippen molar-refractivity contribution in [3.05, 3.63) is 12.4 Å². The molecule has 2 N–H and O–H groups in total. The van der Waals surface area contributed by atoms with Gasteiger partial charge in [-0.05, 0) is 13.8 Å². The van der Waals surface area contributed by atoms with E-state index in [1.165, 1.54) is 6.33 Å². The molecule has 18 heavy (non-hydrogen) atoms. The van der Waals surface area contributed by atoms with Crippen LogP contribution in [0.4, 0.5) is 11.6 Å². The van der Waals surface area contributed by atoms with E-state index in [-0.39, 0.29) is 18.3 Å². The lowest BCUT2D eigenvalue weighted by Crippen LogP contribution is -2.54. The van der Waals surface area contributed by atoms with Crippen molar-refractivity contribution in [2.24, 2.45) is 0 Å². The first-order valence-electron chi connectivity index (χ1n) is 6.07. The first-order chi connectivity index (χ1) is 8.54. The molecule has 6 nitrogen and oxygen atoms in total. The number of hydrogen-bond donors (Lipinski definition) is 2. The molecule has 0 bridgehead atoms. The number of hydrogen-bond acceptors (Lipinski definition) is 6. The summed E-state index contributed by atoms with van der Waals surface area (Å²) in [6, 6.07) is 1.90. The van der Waals surface area contributed by atoms with Crippen LogP contribution in [0.2, 0.25) is 0 Å². The van der Waals surface area contributed by atoms with Crippen molar-refractivity contribution in [2.45, 2.75) is 25.6 Å². The summed E-state index contributed by atoms with van der Waals surface area (Å²) in [4.78, 5) is 10.5. The average Bonchev–Trinajstić information content (AvgIpc) is 2.37. The zero-order valence-corrected chi connectivity index (χ0v) is 11.1. The molecule has 0 spiro atoms. The Hall–Kier alpha value is -1.40. The highest BCUT2D eigenvalue weighted by Gasteiger charge is 2.33. The molecule has 0 aliphatic carbocycles. The van der Waals surface area contributed by atoms with Crippen molar-refractivity contribution in [2.75, 3.05) is 37.0 Å². The number of aromatic nitrogens is 2. The average molecular weight is 252 g/mol. The normalized spacial score (nSPS) is 22.9. The maximum absolute atomic E-state index is 9.29. The first kappa shape index (κ1) is 13.0. The van der Waals surface area contributed by atoms with Gasteiger partial charge in [-0.1, -0.05) is 0 Å². The number of morpholine rings is 1. The molecular weight excluding hydrogens is 232 g/mol. The molecule has 1 atom stereocenters. The summed E-state index contributed by atoms with van der Waals surface area (Å²) in [7, 11) is 1.83. The van der Waals surface area contributed by atoms with Crippen LogP contribution in [-0.4, -0.2) is 53.5 Å².